The number of hydrogen-bond donors (Lipinski definition) is 0. The Morgan fingerprint density at radius 3 is 1.90 bits per heavy atom. The Balaban J connectivity index is 0.000000170. The van der Waals surface area contributed by atoms with E-state index in [0.717, 1.165) is 12.0 Å². The van der Waals surface area contributed by atoms with Crippen LogP contribution in [0.25, 0.3) is 22.3 Å². The second kappa shape index (κ2) is 11.4. The molecule has 0 heterocycles. The van der Waals surface area contributed by atoms with Gasteiger partial charge < -0.3 is 0 Å². The van der Waals surface area contributed by atoms with Crippen LogP contribution in [0.2, 0.25) is 0 Å². The molecule has 0 bridgehead atoms. The normalized spacial score (nSPS) is 19.5. The molecule has 7 rings (SSSR count). The van der Waals surface area contributed by atoms with Gasteiger partial charge in [0.15, 0.2) is 0 Å². The molecule has 0 fully saturated rings. The summed E-state index contributed by atoms with van der Waals surface area (Å²) in [6, 6.07) is 16.3. The minimum absolute atomic E-state index is 0.0340. The molecule has 0 N–H and O–H groups in total. The quantitative estimate of drug-likeness (QED) is 0.183. The van der Waals surface area contributed by atoms with E-state index in [1.807, 2.05) is 3.71 Å². The van der Waals surface area contributed by atoms with Crippen molar-refractivity contribution < 1.29 is 28.6 Å². The zero-order chi connectivity index (χ0) is 30.6. The van der Waals surface area contributed by atoms with Gasteiger partial charge in [0, 0.05) is 5.41 Å². The molecule has 0 aliphatic heterocycles. The van der Waals surface area contributed by atoms with Gasteiger partial charge in [-0.2, -0.15) is 11.6 Å². The van der Waals surface area contributed by atoms with Crippen molar-refractivity contribution in [3.05, 3.63) is 129 Å². The molecule has 0 radical (unpaired) electrons. The van der Waals surface area contributed by atoms with Crippen LogP contribution in [0.4, 0.5) is 4.39 Å². The zero-order valence-electron chi connectivity index (χ0n) is 26.5. The van der Waals surface area contributed by atoms with E-state index in [9.17, 15) is 4.39 Å². The third kappa shape index (κ3) is 5.90. The first kappa shape index (κ1) is 30.8. The molecule has 4 aliphatic carbocycles. The van der Waals surface area contributed by atoms with E-state index in [0.29, 0.717) is 5.92 Å². The molecular formula is C40H41FZr. The van der Waals surface area contributed by atoms with Crippen LogP contribution in [0.3, 0.4) is 0 Å². The van der Waals surface area contributed by atoms with Gasteiger partial charge in [0.2, 0.25) is 0 Å². The number of benzene rings is 3. The third-order valence-electron chi connectivity index (χ3n) is 9.00. The summed E-state index contributed by atoms with van der Waals surface area (Å²) in [5, 5.41) is 0. The molecule has 4 aliphatic rings. The van der Waals surface area contributed by atoms with E-state index >= 15 is 0 Å². The molecule has 0 saturated heterocycles. The summed E-state index contributed by atoms with van der Waals surface area (Å²) in [6.07, 6.45) is 12.7. The molecule has 0 saturated carbocycles. The minimum atomic E-state index is -0.170. The Bertz CT molecular complexity index is 1600. The fourth-order valence-electron chi connectivity index (χ4n) is 6.83. The Hall–Kier alpha value is -2.70. The van der Waals surface area contributed by atoms with E-state index in [1.54, 1.807) is 12.1 Å². The molecule has 1 atom stereocenters. The molecule has 2 heteroatoms. The predicted molar refractivity (Wildman–Crippen MR) is 174 cm³/mol. The van der Waals surface area contributed by atoms with Gasteiger partial charge in [-0.25, -0.2) is 16.7 Å². The van der Waals surface area contributed by atoms with Crippen molar-refractivity contribution in [2.45, 2.75) is 79.6 Å². The second-order valence-corrected chi connectivity index (χ2v) is 14.0. The van der Waals surface area contributed by atoms with Crippen molar-refractivity contribution in [2.75, 3.05) is 0 Å². The van der Waals surface area contributed by atoms with Crippen molar-refractivity contribution in [3.8, 4) is 11.1 Å². The Morgan fingerprint density at radius 1 is 0.786 bits per heavy atom. The van der Waals surface area contributed by atoms with Gasteiger partial charge in [0.1, 0.15) is 0 Å². The third-order valence-corrected chi connectivity index (χ3v) is 9.82. The molecule has 1 unspecified atom stereocenters. The van der Waals surface area contributed by atoms with Crippen LogP contribution in [0.1, 0.15) is 101 Å². The zero-order valence-corrected chi connectivity index (χ0v) is 29.0. The van der Waals surface area contributed by atoms with E-state index in [4.69, 9.17) is 0 Å². The van der Waals surface area contributed by atoms with E-state index < -0.39 is 0 Å². The molecule has 212 valence electrons. The summed E-state index contributed by atoms with van der Waals surface area (Å²) in [7, 11) is 0. The van der Waals surface area contributed by atoms with Crippen molar-refractivity contribution in [1.29, 1.82) is 0 Å². The van der Waals surface area contributed by atoms with Crippen LogP contribution >= 0.6 is 0 Å². The summed E-state index contributed by atoms with van der Waals surface area (Å²) in [6.45, 7) is 20.1. The molecule has 42 heavy (non-hydrogen) atoms. The topological polar surface area (TPSA) is 0 Å². The first-order chi connectivity index (χ1) is 19.7. The number of halogens is 1. The van der Waals surface area contributed by atoms with Crippen LogP contribution in [-0.4, -0.2) is 3.71 Å². The number of rotatable bonds is 1. The van der Waals surface area contributed by atoms with E-state index in [2.05, 4.69) is 111 Å². The Labute approximate surface area is 267 Å². The van der Waals surface area contributed by atoms with Gasteiger partial charge >= 0.3 is 68.0 Å². The van der Waals surface area contributed by atoms with E-state index in [-0.39, 0.29) is 16.6 Å². The van der Waals surface area contributed by atoms with Crippen LogP contribution in [0.15, 0.2) is 71.8 Å². The molecule has 3 aromatic carbocycles. The van der Waals surface area contributed by atoms with Crippen LogP contribution in [-0.2, 0) is 41.5 Å². The summed E-state index contributed by atoms with van der Waals surface area (Å²) in [5.74, 6) is 0.381. The summed E-state index contributed by atoms with van der Waals surface area (Å²) in [4.78, 5) is 0. The number of hydrogen-bond acceptors (Lipinski definition) is 0. The van der Waals surface area contributed by atoms with E-state index in [1.165, 1.54) is 103 Å². The van der Waals surface area contributed by atoms with Crippen LogP contribution in [0.5, 0.6) is 0 Å². The average molecular weight is 632 g/mol. The van der Waals surface area contributed by atoms with Crippen LogP contribution in [0, 0.1) is 23.9 Å². The molecule has 0 nitrogen and oxygen atoms in total. The molecule has 0 spiro atoms. The fraction of sp³-hybridized carbons (Fsp3) is 0.325. The Morgan fingerprint density at radius 2 is 1.38 bits per heavy atom. The predicted octanol–water partition coefficient (Wildman–Crippen LogP) is 10.3. The van der Waals surface area contributed by atoms with Crippen molar-refractivity contribution in [2.24, 2.45) is 5.92 Å². The molecular weight excluding hydrogens is 591 g/mol. The Kier molecular flexibility index (Phi) is 8.36. The fourth-order valence-corrected chi connectivity index (χ4v) is 7.30. The second-order valence-electron chi connectivity index (χ2n) is 13.3. The first-order valence-electron chi connectivity index (χ1n) is 14.9. The van der Waals surface area contributed by atoms with Gasteiger partial charge in [0.25, 0.3) is 0 Å². The maximum absolute atomic E-state index is 12.2. The SMILES string of the molecule is CC1=[C-]C(C)(C)c2cc3c(cc21)-c1cc2c(cc1C3)C(C)(C)C=C2C.CC1=[C-]C(C)C=C1C.Fc1ccc([CH]=[Zr+2])cc1. The number of fused-ring (bicyclic) bond motifs is 5. The molecule has 3 aromatic rings. The standard InChI is InChI=1S/C25H25.C8H11.C7H5F.Zr/c1-14-12-24(3,4)22-8-16-7-17-9-23-19(15(2)13-25(23,5)6)11-21(17)20(16)10-18(14)22;1-6-4-7(2)8(3)5-6;1-6-2-4-7(8)5-3-6;/h8-12H,7H2,1-6H3;4,6H,1-3H3;1-5H;/q2*-1;;+2. The van der Waals surface area contributed by atoms with Crippen molar-refractivity contribution in [3.63, 3.8) is 0 Å². The molecule has 0 aromatic heterocycles. The van der Waals surface area contributed by atoms with Crippen molar-refractivity contribution >= 4 is 14.9 Å². The van der Waals surface area contributed by atoms with Gasteiger partial charge in [-0.15, -0.1) is 18.6 Å². The monoisotopic (exact) mass is 630 g/mol. The number of allylic oxidation sites excluding steroid dienone is 8. The maximum atomic E-state index is 12.2. The first-order valence-corrected chi connectivity index (χ1v) is 16.3. The van der Waals surface area contributed by atoms with Gasteiger partial charge in [0.05, 0.1) is 0 Å². The summed E-state index contributed by atoms with van der Waals surface area (Å²) in [5.41, 5.74) is 18.3. The van der Waals surface area contributed by atoms with Crippen LogP contribution < -0.4 is 0 Å². The van der Waals surface area contributed by atoms with Gasteiger partial charge in [-0.3, -0.25) is 12.2 Å². The summed E-state index contributed by atoms with van der Waals surface area (Å²) < 4.78 is 14.2. The molecule has 0 amide bonds. The van der Waals surface area contributed by atoms with Crippen molar-refractivity contribution in [1.82, 2.24) is 0 Å². The average Bonchev–Trinajstić information content (AvgIpc) is 3.57. The summed E-state index contributed by atoms with van der Waals surface area (Å²) >= 11 is 1.34. The van der Waals surface area contributed by atoms with Gasteiger partial charge in [-0.1, -0.05) is 78.0 Å². The van der Waals surface area contributed by atoms with Gasteiger partial charge in [-0.05, 0) is 58.4 Å².